The summed E-state index contributed by atoms with van der Waals surface area (Å²) in [5.41, 5.74) is 4.03. The lowest BCUT2D eigenvalue weighted by molar-refractivity contribution is 0.0771. The van der Waals surface area contributed by atoms with Crippen molar-refractivity contribution < 1.29 is 23.2 Å². The Morgan fingerprint density at radius 2 is 1.43 bits per heavy atom. The van der Waals surface area contributed by atoms with Gasteiger partial charge in [0, 0.05) is 10.4 Å². The van der Waals surface area contributed by atoms with Gasteiger partial charge in [0.05, 0.1) is 22.9 Å². The van der Waals surface area contributed by atoms with E-state index in [-0.39, 0.29) is 0 Å². The first-order chi connectivity index (χ1) is 23.6. The highest BCUT2D eigenvalue weighted by atomic mass is 35.5. The van der Waals surface area contributed by atoms with Crippen LogP contribution in [0.25, 0.3) is 23.1 Å². The molecule has 0 spiro atoms. The van der Waals surface area contributed by atoms with E-state index in [1.807, 2.05) is 103 Å². The molecule has 5 aromatic carbocycles. The zero-order chi connectivity index (χ0) is 34.3. The first-order valence-corrected chi connectivity index (χ1v) is 17.9. The molecule has 49 heavy (non-hydrogen) atoms. The Hall–Kier alpha value is -4.71. The number of hydrogen-bond acceptors (Lipinski definition) is 6. The van der Waals surface area contributed by atoms with E-state index in [4.69, 9.17) is 30.2 Å². The lowest BCUT2D eigenvalue weighted by Crippen LogP contribution is -2.18. The Morgan fingerprint density at radius 1 is 0.776 bits per heavy atom. The Kier molecular flexibility index (Phi) is 10.6. The van der Waals surface area contributed by atoms with Gasteiger partial charge in [-0.15, -0.1) is 0 Å². The van der Waals surface area contributed by atoms with Crippen LogP contribution in [0.4, 0.5) is 0 Å². The molecule has 1 atom stereocenters. The first kappa shape index (κ1) is 34.2. The van der Waals surface area contributed by atoms with Crippen molar-refractivity contribution in [2.75, 3.05) is 0 Å². The second-order valence-corrected chi connectivity index (χ2v) is 14.1. The van der Waals surface area contributed by atoms with Gasteiger partial charge in [-0.05, 0) is 104 Å². The highest BCUT2D eigenvalue weighted by Crippen LogP contribution is 2.54. The van der Waals surface area contributed by atoms with Crippen molar-refractivity contribution >= 4 is 42.5 Å². The van der Waals surface area contributed by atoms with Crippen LogP contribution in [0, 0.1) is 0 Å². The van der Waals surface area contributed by atoms with Crippen LogP contribution >= 0.6 is 19.4 Å². The van der Waals surface area contributed by atoms with E-state index in [2.05, 4.69) is 0 Å². The van der Waals surface area contributed by atoms with Crippen LogP contribution in [0.5, 0.6) is 11.5 Å². The summed E-state index contributed by atoms with van der Waals surface area (Å²) in [6, 6.07) is 43.0. The third-order valence-corrected chi connectivity index (χ3v) is 9.55. The largest absolute Gasteiger partial charge is 0.588 e. The van der Waals surface area contributed by atoms with Crippen LogP contribution in [-0.2, 0) is 21.1 Å². The number of aryl methyl sites for hydroxylation is 1. The quantitative estimate of drug-likeness (QED) is 0.122. The third kappa shape index (κ3) is 9.26. The van der Waals surface area contributed by atoms with Gasteiger partial charge in [0.15, 0.2) is 0 Å². The summed E-state index contributed by atoms with van der Waals surface area (Å²) in [6.45, 7) is 3.54. The molecule has 6 rings (SSSR count). The van der Waals surface area contributed by atoms with Crippen molar-refractivity contribution in [3.63, 3.8) is 0 Å². The summed E-state index contributed by atoms with van der Waals surface area (Å²) in [7, 11) is -4.24. The average molecular weight is 690 g/mol. The number of halogens is 1. The number of rotatable bonds is 13. The van der Waals surface area contributed by atoms with Crippen molar-refractivity contribution in [1.82, 2.24) is 4.98 Å². The van der Waals surface area contributed by atoms with E-state index in [0.29, 0.717) is 29.4 Å². The first-order valence-electron chi connectivity index (χ1n) is 16.1. The number of hydrogen-bond donors (Lipinski definition) is 1. The lowest BCUT2D eigenvalue weighted by Gasteiger charge is -2.26. The van der Waals surface area contributed by atoms with Crippen LogP contribution < -0.4 is 9.05 Å². The molecule has 0 radical (unpaired) electrons. The molecule has 0 amide bonds. The zero-order valence-corrected chi connectivity index (χ0v) is 28.9. The molecule has 248 valence electrons. The molecular formula is C41H37ClNO5P. The minimum Gasteiger partial charge on any atom is -0.395 e. The van der Waals surface area contributed by atoms with Gasteiger partial charge < -0.3 is 14.2 Å². The molecule has 0 saturated carbocycles. The minimum absolute atomic E-state index is 0.355. The van der Waals surface area contributed by atoms with E-state index in [1.54, 1.807) is 62.4 Å². The van der Waals surface area contributed by atoms with Crippen molar-refractivity contribution in [1.29, 1.82) is 0 Å². The number of para-hydroxylation sites is 2. The number of phosphoric acid groups is 1. The van der Waals surface area contributed by atoms with Crippen LogP contribution in [0.1, 0.15) is 54.3 Å². The van der Waals surface area contributed by atoms with E-state index < -0.39 is 19.5 Å². The van der Waals surface area contributed by atoms with Gasteiger partial charge in [-0.2, -0.15) is 0 Å². The van der Waals surface area contributed by atoms with Crippen molar-refractivity contribution in [3.05, 3.63) is 172 Å². The standard InChI is InChI=1S/C41H37ClNO5P/c1-41(2,44)38-19-10-9-13-31(38)23-27-40(48-49(45,46-36-15-5-3-6-16-36)47-37-17-7-4-8-18-37)33-14-11-12-30(28-33)20-25-35-26-22-32-21-24-34(42)29-39(32)43-35/h3-22,24-26,28-29,40,44H,23,27H2,1-2H3/b25-20+/t40-/m0/s1. The predicted octanol–water partition coefficient (Wildman–Crippen LogP) is 11.2. The molecular weight excluding hydrogens is 653 g/mol. The van der Waals surface area contributed by atoms with Gasteiger partial charge in [-0.3, -0.25) is 4.52 Å². The summed E-state index contributed by atoms with van der Waals surface area (Å²) in [6.07, 6.45) is 4.17. The second kappa shape index (κ2) is 15.2. The van der Waals surface area contributed by atoms with Gasteiger partial charge in [-0.1, -0.05) is 109 Å². The van der Waals surface area contributed by atoms with Crippen LogP contribution in [0.15, 0.2) is 140 Å². The molecule has 1 heterocycles. The molecule has 0 unspecified atom stereocenters. The normalized spacial score (nSPS) is 12.7. The SMILES string of the molecule is CC(C)(O)c1ccccc1CC[C@H](OP(=O)(Oc1ccccc1)Oc1ccccc1)c1cccc(/C=C/c2ccc3ccc(Cl)cc3n2)c1. The highest BCUT2D eigenvalue weighted by Gasteiger charge is 2.36. The summed E-state index contributed by atoms with van der Waals surface area (Å²) < 4.78 is 33.0. The summed E-state index contributed by atoms with van der Waals surface area (Å²) in [5.74, 6) is 0.711. The maximum absolute atomic E-state index is 14.6. The molecule has 1 aromatic heterocycles. The van der Waals surface area contributed by atoms with Gasteiger partial charge in [0.25, 0.3) is 0 Å². The van der Waals surface area contributed by atoms with Gasteiger partial charge in [0.1, 0.15) is 11.5 Å². The Balaban J connectivity index is 1.34. The fourth-order valence-corrected chi connectivity index (χ4v) is 7.17. The van der Waals surface area contributed by atoms with Crippen LogP contribution in [0.3, 0.4) is 0 Å². The van der Waals surface area contributed by atoms with Crippen molar-refractivity contribution in [2.24, 2.45) is 0 Å². The number of benzene rings is 5. The monoisotopic (exact) mass is 689 g/mol. The number of fused-ring (bicyclic) bond motifs is 1. The summed E-state index contributed by atoms with van der Waals surface area (Å²) in [5, 5.41) is 12.5. The molecule has 0 aliphatic rings. The summed E-state index contributed by atoms with van der Waals surface area (Å²) >= 11 is 6.20. The molecule has 0 bridgehead atoms. The Morgan fingerprint density at radius 3 is 2.12 bits per heavy atom. The maximum Gasteiger partial charge on any atom is 0.588 e. The predicted molar refractivity (Wildman–Crippen MR) is 198 cm³/mol. The number of phosphoric ester groups is 1. The molecule has 6 aromatic rings. The zero-order valence-electron chi connectivity index (χ0n) is 27.3. The molecule has 0 fully saturated rings. The van der Waals surface area contributed by atoms with Gasteiger partial charge in [0.2, 0.25) is 0 Å². The highest BCUT2D eigenvalue weighted by molar-refractivity contribution is 7.49. The molecule has 8 heteroatoms. The fourth-order valence-electron chi connectivity index (χ4n) is 5.58. The molecule has 1 N–H and O–H groups in total. The number of nitrogens with zero attached hydrogens (tertiary/aromatic N) is 1. The number of aliphatic hydroxyl groups is 1. The smallest absolute Gasteiger partial charge is 0.395 e. The van der Waals surface area contributed by atoms with Crippen molar-refractivity contribution in [3.8, 4) is 11.5 Å². The van der Waals surface area contributed by atoms with E-state index >= 15 is 0 Å². The molecule has 0 saturated heterocycles. The summed E-state index contributed by atoms with van der Waals surface area (Å²) in [4.78, 5) is 4.74. The van der Waals surface area contributed by atoms with E-state index in [1.165, 1.54) is 0 Å². The minimum atomic E-state index is -4.24. The van der Waals surface area contributed by atoms with E-state index in [0.717, 1.165) is 38.9 Å². The van der Waals surface area contributed by atoms with Crippen LogP contribution in [-0.4, -0.2) is 10.1 Å². The molecule has 0 aliphatic heterocycles. The topological polar surface area (TPSA) is 77.9 Å². The van der Waals surface area contributed by atoms with Gasteiger partial charge >= 0.3 is 7.82 Å². The van der Waals surface area contributed by atoms with Crippen molar-refractivity contribution in [2.45, 2.75) is 38.4 Å². The van der Waals surface area contributed by atoms with E-state index in [9.17, 15) is 9.67 Å². The second-order valence-electron chi connectivity index (χ2n) is 12.2. The maximum atomic E-state index is 14.6. The number of aromatic nitrogens is 1. The average Bonchev–Trinajstić information content (AvgIpc) is 3.09. The van der Waals surface area contributed by atoms with Gasteiger partial charge in [-0.25, -0.2) is 9.55 Å². The molecule has 0 aliphatic carbocycles. The lowest BCUT2D eigenvalue weighted by atomic mass is 9.90. The third-order valence-electron chi connectivity index (χ3n) is 7.93. The Bertz CT molecular complexity index is 2050. The molecule has 6 nitrogen and oxygen atoms in total. The Labute approximate surface area is 292 Å². The number of pyridine rings is 1. The fraction of sp³-hybridized carbons (Fsp3) is 0.146. The van der Waals surface area contributed by atoms with Crippen LogP contribution in [0.2, 0.25) is 5.02 Å².